The second-order valence-corrected chi connectivity index (χ2v) is 13.7. The smallest absolute Gasteiger partial charge is 0.325 e. The topological polar surface area (TPSA) is 102 Å². The van der Waals surface area contributed by atoms with Gasteiger partial charge in [-0.05, 0) is 46.5 Å². The van der Waals surface area contributed by atoms with Gasteiger partial charge in [0.05, 0.1) is 52.6 Å². The first kappa shape index (κ1) is 31.3. The molecule has 0 radical (unpaired) electrons. The van der Waals surface area contributed by atoms with Crippen LogP contribution in [-0.2, 0) is 47.0 Å². The zero-order chi connectivity index (χ0) is 34.9. The predicted octanol–water partition coefficient (Wildman–Crippen LogP) is 5.17. The molecule has 4 aromatic rings. The normalized spacial score (nSPS) is 24.9. The van der Waals surface area contributed by atoms with Gasteiger partial charge in [-0.2, -0.15) is 0 Å². The molecule has 11 rings (SSSR count). The highest BCUT2D eigenvalue weighted by Gasteiger charge is 2.80. The maximum Gasteiger partial charge on any atom is 0.325 e. The molecule has 4 amide bonds. The average molecular weight is 703 g/mol. The first-order chi connectivity index (χ1) is 25.6. The Kier molecular flexibility index (Phi) is 7.26. The molecule has 4 aromatic carbocycles. The lowest BCUT2D eigenvalue weighted by Crippen LogP contribution is -2.62. The van der Waals surface area contributed by atoms with E-state index in [1.165, 1.54) is 0 Å². The number of amides is 4. The molecule has 7 aliphatic heterocycles. The van der Waals surface area contributed by atoms with E-state index in [0.717, 1.165) is 33.4 Å². The van der Waals surface area contributed by atoms with Gasteiger partial charge in [0.15, 0.2) is 34.3 Å². The van der Waals surface area contributed by atoms with Crippen LogP contribution in [0.3, 0.4) is 0 Å². The Morgan fingerprint density at radius 2 is 0.692 bits per heavy atom. The monoisotopic (exact) mass is 702 g/mol. The van der Waals surface area contributed by atoms with Crippen molar-refractivity contribution in [3.63, 3.8) is 0 Å². The third kappa shape index (κ3) is 4.34. The van der Waals surface area contributed by atoms with E-state index in [1.807, 2.05) is 105 Å². The molecule has 0 saturated carbocycles. The van der Waals surface area contributed by atoms with Crippen LogP contribution in [0.4, 0.5) is 9.59 Å². The number of ether oxygens (including phenoxy) is 6. The lowest BCUT2D eigenvalue weighted by Gasteiger charge is -2.49. The zero-order valence-electron chi connectivity index (χ0n) is 28.6. The van der Waals surface area contributed by atoms with Crippen molar-refractivity contribution in [2.75, 3.05) is 52.9 Å². The lowest BCUT2D eigenvalue weighted by molar-refractivity contribution is -0.0793. The molecule has 0 unspecified atom stereocenters. The van der Waals surface area contributed by atoms with Crippen LogP contribution in [0.5, 0.6) is 23.0 Å². The number of benzene rings is 4. The van der Waals surface area contributed by atoms with E-state index >= 15 is 9.59 Å². The number of hydrogen-bond acceptors (Lipinski definition) is 8. The standard InChI is InChI=1S/C40H38N4O8/c45-37-41-23-27-19-33-34-20-28(27)24-42-38(46)44-26-30-22-36(52-18-14-48-12-16-50-34)35(51-17-13-47-11-15-49-33)21-29(30)25-43(37)40(44,32-9-5-2-6-10-32)39(41,42)31-7-3-1-4-8-31/h1-10,19-22H,11-18,23-26H2. The largest absolute Gasteiger partial charge is 0.487 e. The maximum absolute atomic E-state index is 15.5. The molecule has 7 heterocycles. The second-order valence-electron chi connectivity index (χ2n) is 13.7. The molecule has 7 aliphatic rings. The van der Waals surface area contributed by atoms with Gasteiger partial charge in [-0.1, -0.05) is 60.7 Å². The average Bonchev–Trinajstić information content (AvgIpc) is 3.33. The van der Waals surface area contributed by atoms with Crippen molar-refractivity contribution >= 4 is 12.1 Å². The van der Waals surface area contributed by atoms with E-state index in [4.69, 9.17) is 28.4 Å². The molecule has 52 heavy (non-hydrogen) atoms. The van der Waals surface area contributed by atoms with Gasteiger partial charge >= 0.3 is 12.1 Å². The van der Waals surface area contributed by atoms with Crippen LogP contribution in [0.1, 0.15) is 33.4 Å². The van der Waals surface area contributed by atoms with Gasteiger partial charge in [0.1, 0.15) is 26.4 Å². The summed E-state index contributed by atoms with van der Waals surface area (Å²) in [6.07, 6.45) is 0. The van der Waals surface area contributed by atoms with E-state index in [0.29, 0.717) is 49.4 Å². The summed E-state index contributed by atoms with van der Waals surface area (Å²) in [5, 5.41) is 0. The van der Waals surface area contributed by atoms with Crippen molar-refractivity contribution in [3.8, 4) is 23.0 Å². The Labute approximate surface area is 300 Å². The van der Waals surface area contributed by atoms with E-state index in [2.05, 4.69) is 0 Å². The zero-order valence-corrected chi connectivity index (χ0v) is 28.6. The number of hydrogen-bond donors (Lipinski definition) is 0. The molecule has 2 fully saturated rings. The van der Waals surface area contributed by atoms with Gasteiger partial charge < -0.3 is 28.4 Å². The van der Waals surface area contributed by atoms with E-state index < -0.39 is 11.3 Å². The number of urea groups is 2. The summed E-state index contributed by atoms with van der Waals surface area (Å²) in [5.41, 5.74) is 2.68. The fourth-order valence-corrected chi connectivity index (χ4v) is 9.04. The van der Waals surface area contributed by atoms with Crippen LogP contribution >= 0.6 is 0 Å². The number of rotatable bonds is 2. The first-order valence-electron chi connectivity index (χ1n) is 17.9. The van der Waals surface area contributed by atoms with Gasteiger partial charge in [0.2, 0.25) is 0 Å². The van der Waals surface area contributed by atoms with Crippen molar-refractivity contribution in [3.05, 3.63) is 118 Å². The van der Waals surface area contributed by atoms with Gasteiger partial charge in [-0.25, -0.2) is 9.59 Å². The molecule has 0 atom stereocenters. The van der Waals surface area contributed by atoms with Gasteiger partial charge in [-0.3, -0.25) is 19.6 Å². The molecule has 0 aromatic heterocycles. The van der Waals surface area contributed by atoms with Crippen LogP contribution in [0.15, 0.2) is 84.9 Å². The molecule has 12 heteroatoms. The van der Waals surface area contributed by atoms with Gasteiger partial charge in [0, 0.05) is 11.1 Å². The van der Waals surface area contributed by atoms with E-state index in [-0.39, 0.29) is 64.7 Å². The third-order valence-corrected chi connectivity index (χ3v) is 11.1. The fraction of sp³-hybridized carbons (Fsp3) is 0.350. The summed E-state index contributed by atoms with van der Waals surface area (Å²) in [5.74, 6) is 2.15. The van der Waals surface area contributed by atoms with Gasteiger partial charge in [0.25, 0.3) is 0 Å². The highest BCUT2D eigenvalue weighted by molar-refractivity contribution is 5.90. The van der Waals surface area contributed by atoms with Gasteiger partial charge in [-0.15, -0.1) is 0 Å². The number of carbonyl (C=O) groups is 2. The molecule has 0 N–H and O–H groups in total. The molecule has 0 aliphatic carbocycles. The van der Waals surface area contributed by atoms with Crippen LogP contribution in [0.25, 0.3) is 0 Å². The Hall–Kier alpha value is -5.46. The van der Waals surface area contributed by atoms with E-state index in [9.17, 15) is 0 Å². The summed E-state index contributed by atoms with van der Waals surface area (Å²) in [6, 6.07) is 27.5. The summed E-state index contributed by atoms with van der Waals surface area (Å²) in [7, 11) is 0. The molecular weight excluding hydrogens is 664 g/mol. The van der Waals surface area contributed by atoms with Crippen LogP contribution in [0.2, 0.25) is 0 Å². The van der Waals surface area contributed by atoms with Crippen molar-refractivity contribution in [1.82, 2.24) is 19.6 Å². The number of fused-ring (bicyclic) bond motifs is 12. The summed E-state index contributed by atoms with van der Waals surface area (Å²) in [6.45, 7) is 3.39. The van der Waals surface area contributed by atoms with Crippen LogP contribution < -0.4 is 18.9 Å². The number of carbonyl (C=O) groups excluding carboxylic acids is 2. The quantitative estimate of drug-likeness (QED) is 0.264. The number of nitrogens with zero attached hydrogens (tertiary/aromatic N) is 4. The summed E-state index contributed by atoms with van der Waals surface area (Å²) in [4.78, 5) is 38.7. The molecule has 0 spiro atoms. The summed E-state index contributed by atoms with van der Waals surface area (Å²) < 4.78 is 37.1. The molecule has 266 valence electrons. The lowest BCUT2D eigenvalue weighted by atomic mass is 9.79. The minimum absolute atomic E-state index is 0.178. The minimum Gasteiger partial charge on any atom is -0.487 e. The summed E-state index contributed by atoms with van der Waals surface area (Å²) >= 11 is 0. The van der Waals surface area contributed by atoms with Crippen molar-refractivity contribution < 1.29 is 38.0 Å². The SMILES string of the molecule is O=C1N2Cc3cc4c5cc3CN3C(=O)N6Cc7cc(c(cc7CN1C6(c1ccccc1)C23c1ccccc1)OCCOCCO4)OCCOCCO5. The van der Waals surface area contributed by atoms with Crippen LogP contribution in [0, 0.1) is 0 Å². The van der Waals surface area contributed by atoms with Crippen LogP contribution in [-0.4, -0.2) is 84.5 Å². The van der Waals surface area contributed by atoms with Crippen molar-refractivity contribution in [2.45, 2.75) is 37.5 Å². The molecule has 12 bridgehead atoms. The Bertz CT molecular complexity index is 1820. The Morgan fingerprint density at radius 1 is 0.404 bits per heavy atom. The molecule has 2 saturated heterocycles. The fourth-order valence-electron chi connectivity index (χ4n) is 9.04. The van der Waals surface area contributed by atoms with E-state index in [1.54, 1.807) is 0 Å². The molecule has 12 nitrogen and oxygen atoms in total. The molecular formula is C40H38N4O8. The Morgan fingerprint density at radius 3 is 0.981 bits per heavy atom. The second kappa shape index (κ2) is 12.1. The minimum atomic E-state index is -1.26. The first-order valence-corrected chi connectivity index (χ1v) is 17.9. The Balaban J connectivity index is 1.30. The van der Waals surface area contributed by atoms with Crippen molar-refractivity contribution in [2.24, 2.45) is 0 Å². The predicted molar refractivity (Wildman–Crippen MR) is 186 cm³/mol. The highest BCUT2D eigenvalue weighted by atomic mass is 16.6. The highest BCUT2D eigenvalue weighted by Crippen LogP contribution is 2.65. The van der Waals surface area contributed by atoms with Crippen molar-refractivity contribution in [1.29, 1.82) is 0 Å². The third-order valence-electron chi connectivity index (χ3n) is 11.1. The maximum atomic E-state index is 15.5.